The SMILES string of the molecule is CC(C)CC(CO)NC(=O)c1cnc2sccn2c1=O. The van der Waals surface area contributed by atoms with Gasteiger partial charge < -0.3 is 10.4 Å². The van der Waals surface area contributed by atoms with E-state index in [-0.39, 0.29) is 18.2 Å². The lowest BCUT2D eigenvalue weighted by atomic mass is 10.0. The number of aliphatic hydroxyl groups excluding tert-OH is 1. The lowest BCUT2D eigenvalue weighted by molar-refractivity contribution is 0.0906. The molecule has 0 spiro atoms. The van der Waals surface area contributed by atoms with Crippen LogP contribution in [0.25, 0.3) is 4.96 Å². The molecule has 1 unspecified atom stereocenters. The maximum Gasteiger partial charge on any atom is 0.271 e. The number of rotatable bonds is 5. The topological polar surface area (TPSA) is 83.7 Å². The second kappa shape index (κ2) is 6.15. The summed E-state index contributed by atoms with van der Waals surface area (Å²) in [5.41, 5.74) is -0.405. The Hall–Kier alpha value is -1.73. The molecule has 2 aromatic rings. The molecule has 6 nitrogen and oxygen atoms in total. The maximum absolute atomic E-state index is 12.1. The smallest absolute Gasteiger partial charge is 0.271 e. The third-order valence-corrected chi connectivity index (χ3v) is 3.67. The van der Waals surface area contributed by atoms with Crippen LogP contribution in [0.5, 0.6) is 0 Å². The van der Waals surface area contributed by atoms with E-state index in [9.17, 15) is 14.7 Å². The van der Waals surface area contributed by atoms with Gasteiger partial charge in [0.25, 0.3) is 11.5 Å². The number of hydrogen-bond donors (Lipinski definition) is 2. The van der Waals surface area contributed by atoms with E-state index < -0.39 is 11.5 Å². The van der Waals surface area contributed by atoms with Gasteiger partial charge in [-0.25, -0.2) is 4.98 Å². The van der Waals surface area contributed by atoms with Crippen LogP contribution >= 0.6 is 11.3 Å². The van der Waals surface area contributed by atoms with Gasteiger partial charge in [-0.2, -0.15) is 0 Å². The second-order valence-electron chi connectivity index (χ2n) is 5.02. The molecule has 2 rings (SSSR count). The van der Waals surface area contributed by atoms with E-state index in [1.54, 1.807) is 11.6 Å². The van der Waals surface area contributed by atoms with Crippen molar-refractivity contribution in [2.24, 2.45) is 5.92 Å². The van der Waals surface area contributed by atoms with Crippen LogP contribution in [0.15, 0.2) is 22.6 Å². The van der Waals surface area contributed by atoms with Crippen LogP contribution in [0.2, 0.25) is 0 Å². The molecule has 20 heavy (non-hydrogen) atoms. The first-order valence-corrected chi connectivity index (χ1v) is 7.27. The minimum atomic E-state index is -0.497. The molecular formula is C13H17N3O3S. The number of carbonyl (C=O) groups excluding carboxylic acids is 1. The monoisotopic (exact) mass is 295 g/mol. The Morgan fingerprint density at radius 1 is 1.55 bits per heavy atom. The summed E-state index contributed by atoms with van der Waals surface area (Å²) < 4.78 is 1.34. The second-order valence-corrected chi connectivity index (χ2v) is 5.89. The summed E-state index contributed by atoms with van der Waals surface area (Å²) >= 11 is 1.33. The van der Waals surface area contributed by atoms with Crippen molar-refractivity contribution in [2.45, 2.75) is 26.3 Å². The van der Waals surface area contributed by atoms with Gasteiger partial charge in [0, 0.05) is 17.8 Å². The minimum absolute atomic E-state index is 0.0110. The van der Waals surface area contributed by atoms with Crippen molar-refractivity contribution in [1.29, 1.82) is 0 Å². The molecule has 0 saturated carbocycles. The number of aromatic nitrogens is 2. The summed E-state index contributed by atoms with van der Waals surface area (Å²) in [4.78, 5) is 28.9. The number of amides is 1. The Labute approximate surface area is 120 Å². The molecule has 2 heterocycles. The van der Waals surface area contributed by atoms with Crippen LogP contribution in [0.4, 0.5) is 0 Å². The number of carbonyl (C=O) groups is 1. The summed E-state index contributed by atoms with van der Waals surface area (Å²) in [7, 11) is 0. The number of nitrogens with zero attached hydrogens (tertiary/aromatic N) is 2. The molecule has 0 radical (unpaired) electrons. The van der Waals surface area contributed by atoms with Crippen molar-refractivity contribution in [2.75, 3.05) is 6.61 Å². The first-order valence-electron chi connectivity index (χ1n) is 6.39. The Morgan fingerprint density at radius 3 is 2.95 bits per heavy atom. The number of nitrogens with one attached hydrogen (secondary N) is 1. The van der Waals surface area contributed by atoms with Gasteiger partial charge in [0.1, 0.15) is 5.56 Å². The van der Waals surface area contributed by atoms with E-state index in [1.807, 2.05) is 13.8 Å². The summed E-state index contributed by atoms with van der Waals surface area (Å²) in [6, 6.07) is -0.356. The zero-order valence-corrected chi connectivity index (χ0v) is 12.2. The molecule has 0 aliphatic heterocycles. The highest BCUT2D eigenvalue weighted by Crippen LogP contribution is 2.07. The quantitative estimate of drug-likeness (QED) is 0.858. The molecule has 0 fully saturated rings. The van der Waals surface area contributed by atoms with Crippen molar-refractivity contribution in [1.82, 2.24) is 14.7 Å². The van der Waals surface area contributed by atoms with Gasteiger partial charge in [0.2, 0.25) is 0 Å². The zero-order valence-electron chi connectivity index (χ0n) is 11.4. The maximum atomic E-state index is 12.1. The van der Waals surface area contributed by atoms with Gasteiger partial charge in [-0.05, 0) is 12.3 Å². The largest absolute Gasteiger partial charge is 0.394 e. The van der Waals surface area contributed by atoms with Gasteiger partial charge in [0.15, 0.2) is 4.96 Å². The average Bonchev–Trinajstić information content (AvgIpc) is 2.86. The van der Waals surface area contributed by atoms with Gasteiger partial charge >= 0.3 is 0 Å². The van der Waals surface area contributed by atoms with Crippen LogP contribution in [-0.2, 0) is 0 Å². The number of aliphatic hydroxyl groups is 1. The minimum Gasteiger partial charge on any atom is -0.394 e. The van der Waals surface area contributed by atoms with E-state index in [4.69, 9.17) is 0 Å². The highest BCUT2D eigenvalue weighted by Gasteiger charge is 2.18. The lowest BCUT2D eigenvalue weighted by Crippen LogP contribution is -2.41. The molecular weight excluding hydrogens is 278 g/mol. The molecule has 108 valence electrons. The van der Waals surface area contributed by atoms with Crippen LogP contribution in [0.3, 0.4) is 0 Å². The molecule has 2 aromatic heterocycles. The molecule has 1 atom stereocenters. The molecule has 0 aromatic carbocycles. The van der Waals surface area contributed by atoms with E-state index in [0.717, 1.165) is 0 Å². The Morgan fingerprint density at radius 2 is 2.30 bits per heavy atom. The Balaban J connectivity index is 2.22. The molecule has 0 saturated heterocycles. The van der Waals surface area contributed by atoms with Gasteiger partial charge in [0.05, 0.1) is 12.6 Å². The highest BCUT2D eigenvalue weighted by atomic mass is 32.1. The fraction of sp³-hybridized carbons (Fsp3) is 0.462. The number of thiazole rings is 1. The van der Waals surface area contributed by atoms with Crippen molar-refractivity contribution in [3.63, 3.8) is 0 Å². The van der Waals surface area contributed by atoms with Gasteiger partial charge in [-0.15, -0.1) is 11.3 Å². The first-order chi connectivity index (χ1) is 9.52. The van der Waals surface area contributed by atoms with Crippen molar-refractivity contribution < 1.29 is 9.90 Å². The van der Waals surface area contributed by atoms with E-state index in [1.165, 1.54) is 21.9 Å². The fourth-order valence-corrected chi connectivity index (χ4v) is 2.67. The summed E-state index contributed by atoms with van der Waals surface area (Å²) in [5.74, 6) is -0.158. The Bertz CT molecular complexity index is 662. The highest BCUT2D eigenvalue weighted by molar-refractivity contribution is 7.15. The molecule has 7 heteroatoms. The zero-order chi connectivity index (χ0) is 14.7. The third-order valence-electron chi connectivity index (χ3n) is 2.90. The molecule has 0 bridgehead atoms. The van der Waals surface area contributed by atoms with Crippen LogP contribution in [-0.4, -0.2) is 33.0 Å². The number of hydrogen-bond acceptors (Lipinski definition) is 5. The van der Waals surface area contributed by atoms with Crippen LogP contribution < -0.4 is 10.9 Å². The van der Waals surface area contributed by atoms with Gasteiger partial charge in [-0.1, -0.05) is 13.8 Å². The van der Waals surface area contributed by atoms with Crippen molar-refractivity contribution >= 4 is 22.2 Å². The van der Waals surface area contributed by atoms with Gasteiger partial charge in [-0.3, -0.25) is 14.0 Å². The predicted molar refractivity (Wildman–Crippen MR) is 77.1 cm³/mol. The van der Waals surface area contributed by atoms with Crippen LogP contribution in [0.1, 0.15) is 30.6 Å². The standard InChI is InChI=1S/C13H17N3O3S/c1-8(2)5-9(7-17)15-11(18)10-6-14-13-16(12(10)19)3-4-20-13/h3-4,6,8-9,17H,5,7H2,1-2H3,(H,15,18). The van der Waals surface area contributed by atoms with E-state index in [2.05, 4.69) is 10.3 Å². The van der Waals surface area contributed by atoms with E-state index in [0.29, 0.717) is 17.3 Å². The normalized spacial score (nSPS) is 12.8. The molecule has 1 amide bonds. The third kappa shape index (κ3) is 3.05. The number of fused-ring (bicyclic) bond motifs is 1. The molecule has 0 aliphatic carbocycles. The van der Waals surface area contributed by atoms with Crippen LogP contribution in [0, 0.1) is 5.92 Å². The lowest BCUT2D eigenvalue weighted by Gasteiger charge is -2.17. The summed E-state index contributed by atoms with van der Waals surface area (Å²) in [6.45, 7) is 3.85. The predicted octanol–water partition coefficient (Wildman–Crippen LogP) is 0.893. The first kappa shape index (κ1) is 14.7. The molecule has 0 aliphatic rings. The van der Waals surface area contributed by atoms with Crippen molar-refractivity contribution in [3.05, 3.63) is 33.7 Å². The summed E-state index contributed by atoms with van der Waals surface area (Å²) in [5, 5.41) is 13.7. The fourth-order valence-electron chi connectivity index (χ4n) is 1.99. The van der Waals surface area contributed by atoms with E-state index >= 15 is 0 Å². The summed E-state index contributed by atoms with van der Waals surface area (Å²) in [6.07, 6.45) is 3.52. The average molecular weight is 295 g/mol. The Kier molecular flexibility index (Phi) is 4.51. The molecule has 2 N–H and O–H groups in total. The van der Waals surface area contributed by atoms with Crippen molar-refractivity contribution in [3.8, 4) is 0 Å².